The molecule has 5 rings (SSSR count). The largest absolute Gasteiger partial charge is 0.458 e. The number of fused-ring (bicyclic) bond motifs is 4. The highest BCUT2D eigenvalue weighted by Crippen LogP contribution is 2.65. The standard InChI is InChI=1S/C30H48O9S/c1-17(11-14-29(16-37-29)27(4,5)33)21-9-10-23-20-7-8-22-18(2)25(39-40(34,35)36)12-13-28(22,6)26(20)24(32)15-30(21,23)38-19(3)31/h17-18,21-25,32-33H,7-16H2,1-6H3,(H,34,35,36)/t17-,18?,21?,22?,23?,24+,25+,28+,29?,30+/m1/s1. The zero-order valence-corrected chi connectivity index (χ0v) is 25.6. The molecule has 10 atom stereocenters. The van der Waals surface area contributed by atoms with Gasteiger partial charge in [0, 0.05) is 25.2 Å². The summed E-state index contributed by atoms with van der Waals surface area (Å²) in [5.41, 5.74) is -0.231. The molecule has 0 aromatic rings. The number of aliphatic hydroxyl groups excluding tert-OH is 1. The van der Waals surface area contributed by atoms with Gasteiger partial charge in [-0.25, -0.2) is 4.18 Å². The Morgan fingerprint density at radius 1 is 1.23 bits per heavy atom. The van der Waals surface area contributed by atoms with Crippen molar-refractivity contribution < 1.29 is 41.6 Å². The fraction of sp³-hybridized carbons (Fsp3) is 0.900. The summed E-state index contributed by atoms with van der Waals surface area (Å²) in [6.07, 6.45) is 5.10. The lowest BCUT2D eigenvalue weighted by Gasteiger charge is -2.58. The van der Waals surface area contributed by atoms with E-state index in [1.54, 1.807) is 13.8 Å². The summed E-state index contributed by atoms with van der Waals surface area (Å²) in [7, 11) is -4.54. The Bertz CT molecular complexity index is 1150. The van der Waals surface area contributed by atoms with Crippen LogP contribution in [0.15, 0.2) is 11.1 Å². The molecule has 1 saturated heterocycles. The minimum Gasteiger partial charge on any atom is -0.458 e. The maximum atomic E-state index is 12.6. The summed E-state index contributed by atoms with van der Waals surface area (Å²) in [4.78, 5) is 12.6. The molecule has 5 unspecified atom stereocenters. The van der Waals surface area contributed by atoms with Gasteiger partial charge in [-0.05, 0) is 94.0 Å². The second-order valence-electron chi connectivity index (χ2n) is 14.3. The third kappa shape index (κ3) is 4.98. The predicted octanol–water partition coefficient (Wildman–Crippen LogP) is 4.37. The number of rotatable bonds is 8. The molecular weight excluding hydrogens is 536 g/mol. The molecule has 40 heavy (non-hydrogen) atoms. The van der Waals surface area contributed by atoms with Crippen LogP contribution in [0.5, 0.6) is 0 Å². The second-order valence-corrected chi connectivity index (χ2v) is 15.4. The molecule has 3 fully saturated rings. The lowest BCUT2D eigenvalue weighted by atomic mass is 9.49. The van der Waals surface area contributed by atoms with Crippen LogP contribution in [0.25, 0.3) is 0 Å². The van der Waals surface area contributed by atoms with E-state index < -0.39 is 39.4 Å². The fourth-order valence-corrected chi connectivity index (χ4v) is 10.3. The van der Waals surface area contributed by atoms with Crippen molar-refractivity contribution in [1.82, 2.24) is 0 Å². The van der Waals surface area contributed by atoms with Crippen LogP contribution >= 0.6 is 0 Å². The predicted molar refractivity (Wildman–Crippen MR) is 147 cm³/mol. The number of esters is 1. The molecule has 3 N–H and O–H groups in total. The Labute approximate surface area is 239 Å². The van der Waals surface area contributed by atoms with Crippen molar-refractivity contribution in [1.29, 1.82) is 0 Å². The van der Waals surface area contributed by atoms with Gasteiger partial charge in [0.05, 0.1) is 24.4 Å². The van der Waals surface area contributed by atoms with Gasteiger partial charge in [0.1, 0.15) is 11.2 Å². The summed E-state index contributed by atoms with van der Waals surface area (Å²) in [6, 6.07) is 0. The van der Waals surface area contributed by atoms with Crippen LogP contribution in [0.1, 0.15) is 99.3 Å². The first-order valence-corrected chi connectivity index (χ1v) is 16.4. The topological polar surface area (TPSA) is 143 Å². The summed E-state index contributed by atoms with van der Waals surface area (Å²) < 4.78 is 49.4. The van der Waals surface area contributed by atoms with Crippen molar-refractivity contribution >= 4 is 16.4 Å². The normalized spacial score (nSPS) is 43.9. The number of hydrogen-bond acceptors (Lipinski definition) is 8. The highest BCUT2D eigenvalue weighted by Gasteiger charge is 2.64. The number of carbonyl (C=O) groups excluding carboxylic acids is 1. The summed E-state index contributed by atoms with van der Waals surface area (Å²) in [6.45, 7) is 12.0. The number of hydrogen-bond donors (Lipinski definition) is 3. The van der Waals surface area contributed by atoms with Crippen LogP contribution in [0.3, 0.4) is 0 Å². The maximum Gasteiger partial charge on any atom is 0.397 e. The molecule has 10 heteroatoms. The average molecular weight is 585 g/mol. The SMILES string of the molecule is CC(=O)O[C@]12C[C@H](O)C3=C(CCC4C(C)[C@@H](OS(=O)(=O)O)CC[C@]34C)C1CCC2[C@H](C)CCC1(C(C)(C)O)CO1. The van der Waals surface area contributed by atoms with E-state index >= 15 is 0 Å². The van der Waals surface area contributed by atoms with Crippen LogP contribution < -0.4 is 0 Å². The molecule has 0 bridgehead atoms. The van der Waals surface area contributed by atoms with Crippen LogP contribution in [0.2, 0.25) is 0 Å². The molecule has 1 heterocycles. The van der Waals surface area contributed by atoms with Gasteiger partial charge < -0.3 is 19.7 Å². The van der Waals surface area contributed by atoms with Gasteiger partial charge in [0.15, 0.2) is 0 Å². The number of aliphatic hydroxyl groups is 2. The van der Waals surface area contributed by atoms with Crippen molar-refractivity contribution in [2.24, 2.45) is 35.0 Å². The number of ether oxygens (including phenoxy) is 2. The summed E-state index contributed by atoms with van der Waals surface area (Å²) >= 11 is 0. The summed E-state index contributed by atoms with van der Waals surface area (Å²) in [5, 5.41) is 22.5. The monoisotopic (exact) mass is 584 g/mol. The van der Waals surface area contributed by atoms with E-state index in [0.717, 1.165) is 44.1 Å². The van der Waals surface area contributed by atoms with Crippen LogP contribution in [-0.2, 0) is 28.9 Å². The summed E-state index contributed by atoms with van der Waals surface area (Å²) in [5.74, 6) is 0.0207. The van der Waals surface area contributed by atoms with Crippen LogP contribution in [0.4, 0.5) is 0 Å². The van der Waals surface area contributed by atoms with E-state index in [0.29, 0.717) is 25.9 Å². The third-order valence-electron chi connectivity index (χ3n) is 11.8. The quantitative estimate of drug-likeness (QED) is 0.164. The first kappa shape index (κ1) is 30.4. The molecule has 0 aromatic heterocycles. The Hall–Kier alpha value is -1.04. The Morgan fingerprint density at radius 2 is 1.90 bits per heavy atom. The second kappa shape index (κ2) is 10.0. The van der Waals surface area contributed by atoms with Crippen molar-refractivity contribution in [2.75, 3.05) is 6.61 Å². The van der Waals surface area contributed by atoms with Crippen LogP contribution in [0, 0.1) is 35.0 Å². The molecule has 0 radical (unpaired) electrons. The molecule has 0 aromatic carbocycles. The molecular formula is C30H48O9S. The minimum atomic E-state index is -4.54. The molecule has 9 nitrogen and oxygen atoms in total. The van der Waals surface area contributed by atoms with Crippen LogP contribution in [-0.4, -0.2) is 64.8 Å². The molecule has 2 saturated carbocycles. The van der Waals surface area contributed by atoms with E-state index in [9.17, 15) is 28.0 Å². The molecule has 4 aliphatic carbocycles. The third-order valence-corrected chi connectivity index (χ3v) is 12.3. The minimum absolute atomic E-state index is 0.0440. The van der Waals surface area contributed by atoms with Crippen molar-refractivity contribution in [3.05, 3.63) is 11.1 Å². The van der Waals surface area contributed by atoms with Gasteiger partial charge in [0.25, 0.3) is 0 Å². The fourth-order valence-electron chi connectivity index (χ4n) is 9.74. The highest BCUT2D eigenvalue weighted by molar-refractivity contribution is 7.80. The van der Waals surface area contributed by atoms with Gasteiger partial charge in [-0.2, -0.15) is 8.42 Å². The molecule has 0 amide bonds. The maximum absolute atomic E-state index is 12.6. The molecule has 228 valence electrons. The zero-order valence-electron chi connectivity index (χ0n) is 24.8. The van der Waals surface area contributed by atoms with Gasteiger partial charge >= 0.3 is 16.4 Å². The molecule has 1 aliphatic heterocycles. The van der Waals surface area contributed by atoms with Gasteiger partial charge in [0.2, 0.25) is 0 Å². The molecule has 5 aliphatic rings. The van der Waals surface area contributed by atoms with E-state index in [-0.39, 0.29) is 41.0 Å². The average Bonchev–Trinajstić information content (AvgIpc) is 3.53. The van der Waals surface area contributed by atoms with Crippen molar-refractivity contribution in [3.63, 3.8) is 0 Å². The first-order chi connectivity index (χ1) is 18.4. The van der Waals surface area contributed by atoms with Gasteiger partial charge in [-0.15, -0.1) is 0 Å². The van der Waals surface area contributed by atoms with Crippen molar-refractivity contribution in [3.8, 4) is 0 Å². The lowest BCUT2D eigenvalue weighted by Crippen LogP contribution is -2.57. The van der Waals surface area contributed by atoms with Crippen molar-refractivity contribution in [2.45, 2.75) is 128 Å². The van der Waals surface area contributed by atoms with E-state index in [4.69, 9.17) is 13.7 Å². The van der Waals surface area contributed by atoms with Gasteiger partial charge in [-0.1, -0.05) is 26.3 Å². The highest BCUT2D eigenvalue weighted by atomic mass is 32.3. The number of epoxide rings is 1. The lowest BCUT2D eigenvalue weighted by molar-refractivity contribution is -0.176. The van der Waals surface area contributed by atoms with E-state index in [1.165, 1.54) is 12.5 Å². The van der Waals surface area contributed by atoms with E-state index in [2.05, 4.69) is 13.8 Å². The Kier molecular flexibility index (Phi) is 7.62. The zero-order chi connectivity index (χ0) is 29.5. The van der Waals surface area contributed by atoms with E-state index in [1.807, 2.05) is 6.92 Å². The Balaban J connectivity index is 1.43. The first-order valence-electron chi connectivity index (χ1n) is 15.1. The number of carbonyl (C=O) groups is 1. The smallest absolute Gasteiger partial charge is 0.397 e. The van der Waals surface area contributed by atoms with Gasteiger partial charge in [-0.3, -0.25) is 9.35 Å². The Morgan fingerprint density at radius 3 is 2.48 bits per heavy atom. The molecule has 0 spiro atoms.